The van der Waals surface area contributed by atoms with Crippen molar-refractivity contribution in [3.8, 4) is 0 Å². The van der Waals surface area contributed by atoms with Crippen molar-refractivity contribution < 1.29 is 0 Å². The average molecular weight is 174 g/mol. The SMILES string of the molecule is BC(c1ccccc1)C(C)(C)CC. The molecule has 1 aromatic rings. The van der Waals surface area contributed by atoms with Gasteiger partial charge in [0.2, 0.25) is 0 Å². The normalized spacial score (nSPS) is 14.1. The second kappa shape index (κ2) is 4.00. The number of benzene rings is 1. The molecule has 0 N–H and O–H groups in total. The number of rotatable bonds is 3. The Morgan fingerprint density at radius 3 is 2.23 bits per heavy atom. The molecule has 1 rings (SSSR count). The highest BCUT2D eigenvalue weighted by Crippen LogP contribution is 2.35. The van der Waals surface area contributed by atoms with Crippen LogP contribution in [-0.4, -0.2) is 7.85 Å². The fraction of sp³-hybridized carbons (Fsp3) is 0.500. The molecule has 0 heterocycles. The van der Waals surface area contributed by atoms with E-state index in [4.69, 9.17) is 0 Å². The van der Waals surface area contributed by atoms with E-state index in [-0.39, 0.29) is 0 Å². The van der Waals surface area contributed by atoms with Gasteiger partial charge in [-0.1, -0.05) is 63.1 Å². The highest BCUT2D eigenvalue weighted by atomic mass is 14.3. The molecule has 0 aliphatic carbocycles. The molecule has 0 saturated heterocycles. The highest BCUT2D eigenvalue weighted by molar-refractivity contribution is 6.12. The zero-order valence-corrected chi connectivity index (χ0v) is 9.17. The molecule has 1 atom stereocenters. The van der Waals surface area contributed by atoms with E-state index in [2.05, 4.69) is 58.9 Å². The molecule has 0 amide bonds. The van der Waals surface area contributed by atoms with Crippen molar-refractivity contribution in [1.29, 1.82) is 0 Å². The average Bonchev–Trinajstić information content (AvgIpc) is 2.18. The highest BCUT2D eigenvalue weighted by Gasteiger charge is 2.24. The van der Waals surface area contributed by atoms with Gasteiger partial charge in [0.25, 0.3) is 0 Å². The molecule has 1 heteroatoms. The Hall–Kier alpha value is -0.715. The molecular formula is C12H19B. The fourth-order valence-electron chi connectivity index (χ4n) is 1.50. The smallest absolute Gasteiger partial charge is 0.0649 e. The van der Waals surface area contributed by atoms with Crippen molar-refractivity contribution in [3.63, 3.8) is 0 Å². The maximum Gasteiger partial charge on any atom is 0.111 e. The Morgan fingerprint density at radius 1 is 1.23 bits per heavy atom. The summed E-state index contributed by atoms with van der Waals surface area (Å²) in [5.74, 6) is 0.638. The summed E-state index contributed by atoms with van der Waals surface area (Å²) in [6.45, 7) is 6.94. The third-order valence-electron chi connectivity index (χ3n) is 3.38. The first kappa shape index (κ1) is 10.4. The topological polar surface area (TPSA) is 0 Å². The van der Waals surface area contributed by atoms with Crippen LogP contribution in [0.15, 0.2) is 30.3 Å². The summed E-state index contributed by atoms with van der Waals surface area (Å²) >= 11 is 0. The van der Waals surface area contributed by atoms with Crippen molar-refractivity contribution in [2.45, 2.75) is 33.0 Å². The van der Waals surface area contributed by atoms with Crippen molar-refractivity contribution in [2.24, 2.45) is 5.41 Å². The second-order valence-electron chi connectivity index (χ2n) is 4.47. The van der Waals surface area contributed by atoms with Crippen LogP contribution in [0.1, 0.15) is 38.6 Å². The standard InChI is InChI=1S/C12H19B/c1-4-12(2,3)11(13)10-8-6-5-7-9-10/h5-9,11H,4,13H2,1-3H3. The van der Waals surface area contributed by atoms with Crippen molar-refractivity contribution >= 4 is 7.85 Å². The van der Waals surface area contributed by atoms with Crippen LogP contribution in [0.25, 0.3) is 0 Å². The van der Waals surface area contributed by atoms with Gasteiger partial charge in [-0.2, -0.15) is 0 Å². The molecule has 13 heavy (non-hydrogen) atoms. The van der Waals surface area contributed by atoms with Crippen molar-refractivity contribution in [2.75, 3.05) is 0 Å². The van der Waals surface area contributed by atoms with E-state index in [9.17, 15) is 0 Å². The predicted octanol–water partition coefficient (Wildman–Crippen LogP) is 2.80. The van der Waals surface area contributed by atoms with Gasteiger partial charge in [0.15, 0.2) is 0 Å². The Bertz CT molecular complexity index is 251. The van der Waals surface area contributed by atoms with E-state index in [0.29, 0.717) is 11.2 Å². The third-order valence-corrected chi connectivity index (χ3v) is 3.38. The Balaban J connectivity index is 2.85. The van der Waals surface area contributed by atoms with Crippen molar-refractivity contribution in [3.05, 3.63) is 35.9 Å². The van der Waals surface area contributed by atoms with E-state index in [1.807, 2.05) is 0 Å². The monoisotopic (exact) mass is 174 g/mol. The Morgan fingerprint density at radius 2 is 1.77 bits per heavy atom. The summed E-state index contributed by atoms with van der Waals surface area (Å²) in [7, 11) is 2.32. The lowest BCUT2D eigenvalue weighted by Crippen LogP contribution is -2.21. The lowest BCUT2D eigenvalue weighted by Gasteiger charge is -2.31. The first-order valence-corrected chi connectivity index (χ1v) is 5.13. The first-order valence-electron chi connectivity index (χ1n) is 5.13. The van der Waals surface area contributed by atoms with E-state index in [0.717, 1.165) is 0 Å². The van der Waals surface area contributed by atoms with Crippen LogP contribution in [-0.2, 0) is 0 Å². The van der Waals surface area contributed by atoms with Gasteiger partial charge in [0.05, 0.1) is 0 Å². The summed E-state index contributed by atoms with van der Waals surface area (Å²) in [6.07, 6.45) is 1.23. The van der Waals surface area contributed by atoms with Crippen LogP contribution in [0.5, 0.6) is 0 Å². The zero-order chi connectivity index (χ0) is 9.90. The quantitative estimate of drug-likeness (QED) is 0.618. The molecule has 0 fully saturated rings. The lowest BCUT2D eigenvalue weighted by molar-refractivity contribution is 0.336. The summed E-state index contributed by atoms with van der Waals surface area (Å²) < 4.78 is 0. The minimum absolute atomic E-state index is 0.404. The molecule has 70 valence electrons. The van der Waals surface area contributed by atoms with Gasteiger partial charge in [-0.05, 0) is 11.2 Å². The van der Waals surface area contributed by atoms with Gasteiger partial charge in [-0.3, -0.25) is 0 Å². The molecule has 0 aliphatic rings. The van der Waals surface area contributed by atoms with Gasteiger partial charge in [0, 0.05) is 0 Å². The summed E-state index contributed by atoms with van der Waals surface area (Å²) in [6, 6.07) is 10.8. The predicted molar refractivity (Wildman–Crippen MR) is 61.8 cm³/mol. The van der Waals surface area contributed by atoms with Crippen LogP contribution in [0.4, 0.5) is 0 Å². The van der Waals surface area contributed by atoms with E-state index in [1.54, 1.807) is 0 Å². The van der Waals surface area contributed by atoms with Crippen LogP contribution in [0.3, 0.4) is 0 Å². The van der Waals surface area contributed by atoms with Gasteiger partial charge < -0.3 is 0 Å². The number of hydrogen-bond donors (Lipinski definition) is 0. The van der Waals surface area contributed by atoms with Crippen LogP contribution in [0.2, 0.25) is 0 Å². The van der Waals surface area contributed by atoms with E-state index >= 15 is 0 Å². The first-order chi connectivity index (χ1) is 6.08. The molecule has 1 aromatic carbocycles. The van der Waals surface area contributed by atoms with E-state index in [1.165, 1.54) is 12.0 Å². The van der Waals surface area contributed by atoms with Gasteiger partial charge in [0.1, 0.15) is 7.85 Å². The summed E-state index contributed by atoms with van der Waals surface area (Å²) in [5, 5.41) is 0. The largest absolute Gasteiger partial charge is 0.111 e. The second-order valence-corrected chi connectivity index (χ2v) is 4.47. The minimum Gasteiger partial charge on any atom is -0.0649 e. The molecule has 0 spiro atoms. The molecule has 0 aromatic heterocycles. The molecule has 0 radical (unpaired) electrons. The van der Waals surface area contributed by atoms with Gasteiger partial charge >= 0.3 is 0 Å². The van der Waals surface area contributed by atoms with E-state index < -0.39 is 0 Å². The Labute approximate surface area is 82.8 Å². The maximum absolute atomic E-state index is 2.34. The molecular weight excluding hydrogens is 155 g/mol. The maximum atomic E-state index is 2.34. The molecule has 1 unspecified atom stereocenters. The zero-order valence-electron chi connectivity index (χ0n) is 9.17. The lowest BCUT2D eigenvalue weighted by atomic mass is 9.63. The minimum atomic E-state index is 0.404. The molecule has 0 nitrogen and oxygen atoms in total. The molecule has 0 aliphatic heterocycles. The van der Waals surface area contributed by atoms with Gasteiger partial charge in [-0.25, -0.2) is 0 Å². The van der Waals surface area contributed by atoms with Crippen LogP contribution < -0.4 is 0 Å². The Kier molecular flexibility index (Phi) is 3.19. The van der Waals surface area contributed by atoms with Crippen molar-refractivity contribution in [1.82, 2.24) is 0 Å². The van der Waals surface area contributed by atoms with Crippen LogP contribution in [0, 0.1) is 5.41 Å². The summed E-state index contributed by atoms with van der Waals surface area (Å²) in [5.41, 5.74) is 1.86. The number of hydrogen-bond acceptors (Lipinski definition) is 0. The molecule has 0 bridgehead atoms. The fourth-order valence-corrected chi connectivity index (χ4v) is 1.50. The summed E-state index contributed by atoms with van der Waals surface area (Å²) in [4.78, 5) is 0. The van der Waals surface area contributed by atoms with Crippen LogP contribution >= 0.6 is 0 Å². The molecule has 0 saturated carbocycles. The van der Waals surface area contributed by atoms with Gasteiger partial charge in [-0.15, -0.1) is 0 Å². The third kappa shape index (κ3) is 2.36.